The predicted molar refractivity (Wildman–Crippen MR) is 137 cm³/mol. The molecule has 0 saturated carbocycles. The van der Waals surface area contributed by atoms with E-state index in [0.717, 1.165) is 16.5 Å². The van der Waals surface area contributed by atoms with E-state index in [-0.39, 0.29) is 30.9 Å². The van der Waals surface area contributed by atoms with Gasteiger partial charge in [-0.05, 0) is 50.5 Å². The van der Waals surface area contributed by atoms with Crippen molar-refractivity contribution in [3.8, 4) is 0 Å². The molecule has 0 aliphatic carbocycles. The molecule has 1 aromatic heterocycles. The average Bonchev–Trinajstić information content (AvgIpc) is 3.19. The SMILES string of the molecule is C[C@@H]1Cc2c([nH]c3ccccc23)[C@@H](c2c(F)cc(NC3CN(CCCF)C3)cc2F)N1C[C@](C)(F)CO. The summed E-state index contributed by atoms with van der Waals surface area (Å²) in [4.78, 5) is 7.19. The molecule has 37 heavy (non-hydrogen) atoms. The van der Waals surface area contributed by atoms with Crippen LogP contribution in [0.25, 0.3) is 10.9 Å². The Labute approximate surface area is 214 Å². The Morgan fingerprint density at radius 3 is 2.54 bits per heavy atom. The molecular weight excluding hydrogens is 484 g/mol. The van der Waals surface area contributed by atoms with Crippen LogP contribution in [0.15, 0.2) is 36.4 Å². The molecule has 2 aliphatic rings. The van der Waals surface area contributed by atoms with Crippen LogP contribution in [-0.2, 0) is 6.42 Å². The number of nitrogens with zero attached hydrogens (tertiary/aromatic N) is 2. The van der Waals surface area contributed by atoms with Crippen molar-refractivity contribution >= 4 is 16.6 Å². The summed E-state index contributed by atoms with van der Waals surface area (Å²) in [6, 6.07) is 9.23. The highest BCUT2D eigenvalue weighted by Crippen LogP contribution is 2.43. The average molecular weight is 519 g/mol. The summed E-state index contributed by atoms with van der Waals surface area (Å²) in [7, 11) is 0. The predicted octanol–water partition coefficient (Wildman–Crippen LogP) is 4.96. The number of hydrogen-bond donors (Lipinski definition) is 3. The van der Waals surface area contributed by atoms with Crippen molar-refractivity contribution in [1.29, 1.82) is 0 Å². The van der Waals surface area contributed by atoms with Crippen LogP contribution in [-0.4, -0.2) is 77.1 Å². The van der Waals surface area contributed by atoms with Gasteiger partial charge < -0.3 is 15.4 Å². The number of fused-ring (bicyclic) bond motifs is 3. The zero-order chi connectivity index (χ0) is 26.3. The second kappa shape index (κ2) is 10.3. The standard InChI is InChI=1S/C28H34F4N4O/c1-17-10-21-20-6-3-4-7-24(20)34-26(21)27(36(17)15-28(2,32)16-37)25-22(30)11-18(12-23(25)31)33-19-13-35(14-19)9-5-8-29/h3-4,6-7,11-12,17,19,27,33-34,37H,5,8-10,13-16H2,1-2H3/t17-,27-,28+/m1/s1. The van der Waals surface area contributed by atoms with Gasteiger partial charge in [-0.3, -0.25) is 14.2 Å². The molecule has 0 amide bonds. The molecule has 3 heterocycles. The summed E-state index contributed by atoms with van der Waals surface area (Å²) in [5.74, 6) is -1.43. The van der Waals surface area contributed by atoms with Gasteiger partial charge in [0.1, 0.15) is 17.3 Å². The maximum atomic E-state index is 15.8. The Morgan fingerprint density at radius 1 is 1.16 bits per heavy atom. The second-order valence-corrected chi connectivity index (χ2v) is 10.8. The fourth-order valence-corrected chi connectivity index (χ4v) is 5.79. The number of aliphatic hydroxyl groups is 1. The lowest BCUT2D eigenvalue weighted by molar-refractivity contribution is 0.0162. The van der Waals surface area contributed by atoms with Gasteiger partial charge in [0.25, 0.3) is 0 Å². The molecule has 1 saturated heterocycles. The molecule has 0 radical (unpaired) electrons. The number of benzene rings is 2. The van der Waals surface area contributed by atoms with Gasteiger partial charge in [-0.15, -0.1) is 0 Å². The summed E-state index contributed by atoms with van der Waals surface area (Å²) in [6.07, 6.45) is 1.06. The van der Waals surface area contributed by atoms with Crippen LogP contribution in [0.1, 0.15) is 43.1 Å². The summed E-state index contributed by atoms with van der Waals surface area (Å²) in [5.41, 5.74) is 0.733. The molecule has 9 heteroatoms. The molecule has 2 aromatic carbocycles. The summed E-state index contributed by atoms with van der Waals surface area (Å²) in [5, 5.41) is 13.8. The van der Waals surface area contributed by atoms with Crippen LogP contribution in [0.4, 0.5) is 23.2 Å². The molecule has 5 rings (SSSR count). The van der Waals surface area contributed by atoms with E-state index in [2.05, 4.69) is 15.2 Å². The Hall–Kier alpha value is -2.62. The third-order valence-electron chi connectivity index (χ3n) is 7.65. The number of alkyl halides is 2. The monoisotopic (exact) mass is 518 g/mol. The van der Waals surface area contributed by atoms with E-state index < -0.39 is 30.0 Å². The number of likely N-dealkylation sites (tertiary alicyclic amines) is 1. The van der Waals surface area contributed by atoms with E-state index in [1.165, 1.54) is 19.1 Å². The van der Waals surface area contributed by atoms with E-state index in [1.54, 1.807) is 4.90 Å². The lowest BCUT2D eigenvalue weighted by Gasteiger charge is -2.43. The maximum Gasteiger partial charge on any atom is 0.143 e. The number of anilines is 1. The minimum atomic E-state index is -1.94. The molecule has 3 N–H and O–H groups in total. The Morgan fingerprint density at radius 2 is 1.86 bits per heavy atom. The lowest BCUT2D eigenvalue weighted by atomic mass is 9.87. The van der Waals surface area contributed by atoms with Gasteiger partial charge in [0.15, 0.2) is 0 Å². The van der Waals surface area contributed by atoms with E-state index in [9.17, 15) is 9.50 Å². The molecule has 200 valence electrons. The van der Waals surface area contributed by atoms with E-state index >= 15 is 13.2 Å². The Bertz CT molecular complexity index is 1230. The largest absolute Gasteiger partial charge is 0.393 e. The molecule has 0 bridgehead atoms. The number of aromatic nitrogens is 1. The van der Waals surface area contributed by atoms with Gasteiger partial charge in [-0.2, -0.15) is 0 Å². The first-order valence-corrected chi connectivity index (χ1v) is 12.9. The second-order valence-electron chi connectivity index (χ2n) is 10.8. The van der Waals surface area contributed by atoms with Crippen molar-refractivity contribution in [2.75, 3.05) is 44.8 Å². The first-order chi connectivity index (χ1) is 17.7. The highest BCUT2D eigenvalue weighted by Gasteiger charge is 2.42. The topological polar surface area (TPSA) is 54.5 Å². The van der Waals surface area contributed by atoms with Gasteiger partial charge in [0.05, 0.1) is 25.4 Å². The summed E-state index contributed by atoms with van der Waals surface area (Å²) in [6.45, 7) is 4.03. The molecule has 0 spiro atoms. The lowest BCUT2D eigenvalue weighted by Crippen LogP contribution is -2.54. The molecule has 2 aliphatic heterocycles. The fraction of sp³-hybridized carbons (Fsp3) is 0.500. The first-order valence-electron chi connectivity index (χ1n) is 12.9. The molecule has 0 unspecified atom stereocenters. The number of halogens is 4. The van der Waals surface area contributed by atoms with Gasteiger partial charge in [-0.25, -0.2) is 13.2 Å². The Balaban J connectivity index is 1.50. The number of para-hydroxylation sites is 1. The van der Waals surface area contributed by atoms with Gasteiger partial charge in [0.2, 0.25) is 0 Å². The van der Waals surface area contributed by atoms with Crippen molar-refractivity contribution in [3.63, 3.8) is 0 Å². The maximum absolute atomic E-state index is 15.8. The van der Waals surface area contributed by atoms with Crippen molar-refractivity contribution in [2.24, 2.45) is 0 Å². The van der Waals surface area contributed by atoms with Crippen LogP contribution in [0.3, 0.4) is 0 Å². The zero-order valence-corrected chi connectivity index (χ0v) is 21.2. The molecule has 3 atom stereocenters. The number of hydrogen-bond acceptors (Lipinski definition) is 4. The van der Waals surface area contributed by atoms with Gasteiger partial charge in [0, 0.05) is 60.1 Å². The van der Waals surface area contributed by atoms with E-state index in [0.29, 0.717) is 43.9 Å². The third-order valence-corrected chi connectivity index (χ3v) is 7.65. The molecule has 3 aromatic rings. The summed E-state index contributed by atoms with van der Waals surface area (Å²) < 4.78 is 59.0. The molecule has 1 fully saturated rings. The van der Waals surface area contributed by atoms with Crippen LogP contribution < -0.4 is 5.32 Å². The number of nitrogens with one attached hydrogen (secondary N) is 2. The zero-order valence-electron chi connectivity index (χ0n) is 21.2. The molecule has 5 nitrogen and oxygen atoms in total. The normalized spacial score (nSPS) is 22.6. The molecular formula is C28H34F4N4O. The number of rotatable bonds is 9. The van der Waals surface area contributed by atoms with Crippen molar-refractivity contribution in [1.82, 2.24) is 14.8 Å². The van der Waals surface area contributed by atoms with Crippen LogP contribution in [0.2, 0.25) is 0 Å². The fourth-order valence-electron chi connectivity index (χ4n) is 5.79. The Kier molecular flexibility index (Phi) is 7.22. The van der Waals surface area contributed by atoms with Crippen LogP contribution >= 0.6 is 0 Å². The van der Waals surface area contributed by atoms with Crippen molar-refractivity contribution in [2.45, 2.75) is 50.5 Å². The first kappa shape index (κ1) is 26.0. The number of aliphatic hydroxyl groups excluding tert-OH is 1. The highest BCUT2D eigenvalue weighted by molar-refractivity contribution is 5.85. The van der Waals surface area contributed by atoms with E-state index in [1.807, 2.05) is 31.2 Å². The summed E-state index contributed by atoms with van der Waals surface area (Å²) >= 11 is 0. The van der Waals surface area contributed by atoms with Crippen molar-refractivity contribution < 1.29 is 22.7 Å². The van der Waals surface area contributed by atoms with Crippen molar-refractivity contribution in [3.05, 3.63) is 64.9 Å². The number of aromatic amines is 1. The third kappa shape index (κ3) is 5.09. The van der Waals surface area contributed by atoms with Crippen LogP contribution in [0, 0.1) is 11.6 Å². The highest BCUT2D eigenvalue weighted by atomic mass is 19.1. The minimum Gasteiger partial charge on any atom is -0.393 e. The van der Waals surface area contributed by atoms with Gasteiger partial charge in [-0.1, -0.05) is 18.2 Å². The van der Waals surface area contributed by atoms with Crippen LogP contribution in [0.5, 0.6) is 0 Å². The van der Waals surface area contributed by atoms with Gasteiger partial charge >= 0.3 is 0 Å². The minimum absolute atomic E-state index is 0.0348. The quantitative estimate of drug-likeness (QED) is 0.351. The number of H-pyrrole nitrogens is 1. The smallest absolute Gasteiger partial charge is 0.143 e. The van der Waals surface area contributed by atoms with E-state index in [4.69, 9.17) is 0 Å².